The fraction of sp³-hybridized carbons (Fsp3) is 0.350. The van der Waals surface area contributed by atoms with Crippen LogP contribution in [0.15, 0.2) is 41.1 Å². The van der Waals surface area contributed by atoms with Gasteiger partial charge in [-0.1, -0.05) is 15.9 Å². The lowest BCUT2D eigenvalue weighted by molar-refractivity contribution is 0.0594. The van der Waals surface area contributed by atoms with Gasteiger partial charge in [-0.2, -0.15) is 5.10 Å². The molecule has 1 aliphatic rings. The average molecular weight is 444 g/mol. The zero-order valence-corrected chi connectivity index (χ0v) is 17.4. The van der Waals surface area contributed by atoms with Crippen molar-refractivity contribution in [2.45, 2.75) is 18.9 Å². The summed E-state index contributed by atoms with van der Waals surface area (Å²) in [6.07, 6.45) is 6.08. The van der Waals surface area contributed by atoms with Gasteiger partial charge in [-0.15, -0.1) is 0 Å². The van der Waals surface area contributed by atoms with Crippen LogP contribution in [0.3, 0.4) is 0 Å². The molecule has 7 nitrogen and oxygen atoms in total. The van der Waals surface area contributed by atoms with Gasteiger partial charge in [0.15, 0.2) is 5.69 Å². The van der Waals surface area contributed by atoms with Gasteiger partial charge in [0, 0.05) is 47.9 Å². The third-order valence-electron chi connectivity index (χ3n) is 5.00. The molecule has 1 aliphatic heterocycles. The van der Waals surface area contributed by atoms with Crippen molar-refractivity contribution >= 4 is 44.2 Å². The second-order valence-electron chi connectivity index (χ2n) is 7.01. The van der Waals surface area contributed by atoms with Crippen LogP contribution in [0.5, 0.6) is 0 Å². The molecule has 8 heteroatoms. The monoisotopic (exact) mass is 443 g/mol. The molecule has 4 rings (SSSR count). The zero-order chi connectivity index (χ0) is 19.7. The molecule has 2 aromatic heterocycles. The largest absolute Gasteiger partial charge is 0.464 e. The molecule has 3 aromatic rings. The van der Waals surface area contributed by atoms with Crippen molar-refractivity contribution in [2.24, 2.45) is 7.05 Å². The van der Waals surface area contributed by atoms with Crippen LogP contribution < -0.4 is 10.2 Å². The highest BCUT2D eigenvalue weighted by Crippen LogP contribution is 2.29. The Kier molecular flexibility index (Phi) is 5.21. The van der Waals surface area contributed by atoms with E-state index in [0.29, 0.717) is 5.69 Å². The number of hydrogen-bond donors (Lipinski definition) is 1. The van der Waals surface area contributed by atoms with Crippen molar-refractivity contribution in [1.82, 2.24) is 14.8 Å². The van der Waals surface area contributed by atoms with E-state index >= 15 is 0 Å². The summed E-state index contributed by atoms with van der Waals surface area (Å²) in [4.78, 5) is 18.9. The smallest absolute Gasteiger partial charge is 0.356 e. The highest BCUT2D eigenvalue weighted by molar-refractivity contribution is 9.10. The van der Waals surface area contributed by atoms with Gasteiger partial charge in [0.05, 0.1) is 24.5 Å². The predicted molar refractivity (Wildman–Crippen MR) is 113 cm³/mol. The maximum absolute atomic E-state index is 12.1. The molecule has 146 valence electrons. The molecular weight excluding hydrogens is 422 g/mol. The number of benzene rings is 1. The second-order valence-corrected chi connectivity index (χ2v) is 7.93. The van der Waals surface area contributed by atoms with Gasteiger partial charge in [-0.3, -0.25) is 4.68 Å². The average Bonchev–Trinajstić information content (AvgIpc) is 3.14. The standard InChI is InChI=1S/C20H22BrN5O2/c1-25-12-15(10-22-25)26-7-3-4-14(11-26)23-18-9-19(20(27)28-2)24-17-6-5-13(21)8-16(17)18/h5-6,8-10,12,14H,3-4,7,11H2,1-2H3,(H,23,24). The number of rotatable bonds is 4. The lowest BCUT2D eigenvalue weighted by Gasteiger charge is -2.34. The van der Waals surface area contributed by atoms with E-state index in [1.165, 1.54) is 7.11 Å². The normalized spacial score (nSPS) is 17.0. The van der Waals surface area contributed by atoms with Crippen LogP contribution in [0.4, 0.5) is 11.4 Å². The van der Waals surface area contributed by atoms with E-state index in [-0.39, 0.29) is 6.04 Å². The number of aryl methyl sites for hydroxylation is 1. The Labute approximate surface area is 171 Å². The summed E-state index contributed by atoms with van der Waals surface area (Å²) < 4.78 is 7.67. The molecule has 1 N–H and O–H groups in total. The van der Waals surface area contributed by atoms with Gasteiger partial charge in [-0.05, 0) is 37.1 Å². The molecule has 1 saturated heterocycles. The number of nitrogens with zero attached hydrogens (tertiary/aromatic N) is 4. The van der Waals surface area contributed by atoms with E-state index in [1.54, 1.807) is 6.07 Å². The number of pyridine rings is 1. The summed E-state index contributed by atoms with van der Waals surface area (Å²) in [5, 5.41) is 8.89. The summed E-state index contributed by atoms with van der Waals surface area (Å²) in [5.74, 6) is -0.437. The summed E-state index contributed by atoms with van der Waals surface area (Å²) in [6, 6.07) is 7.88. The number of ether oxygens (including phenoxy) is 1. The molecule has 0 amide bonds. The van der Waals surface area contributed by atoms with Gasteiger partial charge in [0.25, 0.3) is 0 Å². The van der Waals surface area contributed by atoms with Crippen molar-refractivity contribution in [1.29, 1.82) is 0 Å². The van der Waals surface area contributed by atoms with Crippen molar-refractivity contribution in [3.63, 3.8) is 0 Å². The number of nitrogens with one attached hydrogen (secondary N) is 1. The number of aromatic nitrogens is 3. The summed E-state index contributed by atoms with van der Waals surface area (Å²) in [5.41, 5.74) is 3.09. The highest BCUT2D eigenvalue weighted by Gasteiger charge is 2.22. The van der Waals surface area contributed by atoms with Gasteiger partial charge in [0.1, 0.15) is 0 Å². The number of anilines is 2. The first-order chi connectivity index (χ1) is 13.5. The van der Waals surface area contributed by atoms with E-state index in [9.17, 15) is 4.79 Å². The van der Waals surface area contributed by atoms with Crippen LogP contribution in [-0.4, -0.2) is 47.0 Å². The minimum atomic E-state index is -0.437. The van der Waals surface area contributed by atoms with Crippen LogP contribution in [0.1, 0.15) is 23.3 Å². The number of carbonyl (C=O) groups is 1. The quantitative estimate of drug-likeness (QED) is 0.621. The Balaban J connectivity index is 1.64. The number of esters is 1. The Morgan fingerprint density at radius 2 is 2.21 bits per heavy atom. The number of methoxy groups -OCH3 is 1. The van der Waals surface area contributed by atoms with Gasteiger partial charge >= 0.3 is 5.97 Å². The van der Waals surface area contributed by atoms with E-state index in [4.69, 9.17) is 4.74 Å². The highest BCUT2D eigenvalue weighted by atomic mass is 79.9. The maximum atomic E-state index is 12.1. The van der Waals surface area contributed by atoms with Crippen LogP contribution >= 0.6 is 15.9 Å². The lowest BCUT2D eigenvalue weighted by atomic mass is 10.0. The Hall–Kier alpha value is -2.61. The zero-order valence-electron chi connectivity index (χ0n) is 15.9. The first-order valence-corrected chi connectivity index (χ1v) is 10.0. The Morgan fingerprint density at radius 1 is 1.36 bits per heavy atom. The molecule has 0 radical (unpaired) electrons. The molecule has 1 atom stereocenters. The molecule has 1 aromatic carbocycles. The van der Waals surface area contributed by atoms with E-state index in [1.807, 2.05) is 42.3 Å². The van der Waals surface area contributed by atoms with E-state index < -0.39 is 5.97 Å². The molecule has 28 heavy (non-hydrogen) atoms. The third-order valence-corrected chi connectivity index (χ3v) is 5.50. The lowest BCUT2D eigenvalue weighted by Crippen LogP contribution is -2.42. The van der Waals surface area contributed by atoms with Crippen LogP contribution in [-0.2, 0) is 11.8 Å². The molecule has 3 heterocycles. The first-order valence-electron chi connectivity index (χ1n) is 9.22. The number of hydrogen-bond acceptors (Lipinski definition) is 6. The Morgan fingerprint density at radius 3 is 2.96 bits per heavy atom. The maximum Gasteiger partial charge on any atom is 0.356 e. The fourth-order valence-corrected chi connectivity index (χ4v) is 4.01. The molecule has 1 fully saturated rings. The van der Waals surface area contributed by atoms with Crippen LogP contribution in [0.25, 0.3) is 10.9 Å². The van der Waals surface area contributed by atoms with E-state index in [2.05, 4.69) is 36.2 Å². The van der Waals surface area contributed by atoms with Crippen LogP contribution in [0.2, 0.25) is 0 Å². The molecule has 0 bridgehead atoms. The summed E-state index contributed by atoms with van der Waals surface area (Å²) in [6.45, 7) is 1.89. The van der Waals surface area contributed by atoms with Gasteiger partial charge in [-0.25, -0.2) is 9.78 Å². The number of fused-ring (bicyclic) bond motifs is 1. The third kappa shape index (κ3) is 3.82. The molecule has 0 saturated carbocycles. The number of carbonyl (C=O) groups excluding carboxylic acids is 1. The van der Waals surface area contributed by atoms with Crippen molar-refractivity contribution in [2.75, 3.05) is 30.4 Å². The van der Waals surface area contributed by atoms with Gasteiger partial charge < -0.3 is 15.0 Å². The fourth-order valence-electron chi connectivity index (χ4n) is 3.65. The second kappa shape index (κ2) is 7.79. The predicted octanol–water partition coefficient (Wildman–Crippen LogP) is 3.60. The summed E-state index contributed by atoms with van der Waals surface area (Å²) >= 11 is 3.53. The summed E-state index contributed by atoms with van der Waals surface area (Å²) in [7, 11) is 3.30. The minimum absolute atomic E-state index is 0.254. The minimum Gasteiger partial charge on any atom is -0.464 e. The molecular formula is C20H22BrN5O2. The van der Waals surface area contributed by atoms with Crippen molar-refractivity contribution in [3.8, 4) is 0 Å². The molecule has 0 spiro atoms. The first kappa shape index (κ1) is 18.7. The molecule has 1 unspecified atom stereocenters. The van der Waals surface area contributed by atoms with E-state index in [0.717, 1.165) is 52.7 Å². The Bertz CT molecular complexity index is 1020. The van der Waals surface area contributed by atoms with Crippen molar-refractivity contribution in [3.05, 3.63) is 46.8 Å². The number of halogens is 1. The van der Waals surface area contributed by atoms with Gasteiger partial charge in [0.2, 0.25) is 0 Å². The molecule has 0 aliphatic carbocycles. The van der Waals surface area contributed by atoms with Crippen molar-refractivity contribution < 1.29 is 9.53 Å². The number of piperidine rings is 1. The van der Waals surface area contributed by atoms with Crippen LogP contribution in [0, 0.1) is 0 Å². The SMILES string of the molecule is COC(=O)c1cc(NC2CCCN(c3cnn(C)c3)C2)c2cc(Br)ccc2n1. The topological polar surface area (TPSA) is 72.3 Å².